The van der Waals surface area contributed by atoms with Crippen LogP contribution in [0, 0.1) is 0 Å². The predicted octanol–water partition coefficient (Wildman–Crippen LogP) is 8.63. The van der Waals surface area contributed by atoms with E-state index >= 15 is 0 Å². The summed E-state index contributed by atoms with van der Waals surface area (Å²) >= 11 is 1.56. The molecule has 0 radical (unpaired) electrons. The third-order valence-electron chi connectivity index (χ3n) is 11.3. The Hall–Kier alpha value is -5.39. The predicted molar refractivity (Wildman–Crippen MR) is 217 cm³/mol. The summed E-state index contributed by atoms with van der Waals surface area (Å²) in [5.41, 5.74) is 10.0. The number of amides is 2. The number of hydrogen-bond donors (Lipinski definition) is 2. The zero-order valence-corrected chi connectivity index (χ0v) is 32.3. The molecule has 0 saturated carbocycles. The van der Waals surface area contributed by atoms with Crippen LogP contribution in [0.15, 0.2) is 102 Å². The molecule has 2 N–H and O–H groups in total. The number of imidazole rings is 2. The molecule has 3 atom stereocenters. The molecule has 2 fully saturated rings. The van der Waals surface area contributed by atoms with Gasteiger partial charge in [0, 0.05) is 24.9 Å². The maximum Gasteiger partial charge on any atom is 0.245 e. The number of nitrogens with zero attached hydrogens (tertiary/aromatic N) is 6. The summed E-state index contributed by atoms with van der Waals surface area (Å²) in [7, 11) is 0. The molecular formula is C44H48N8O2S. The quantitative estimate of drug-likeness (QED) is 0.122. The topological polar surface area (TPSA) is 114 Å². The summed E-state index contributed by atoms with van der Waals surface area (Å²) in [4.78, 5) is 54.5. The van der Waals surface area contributed by atoms with E-state index in [1.54, 1.807) is 11.3 Å². The molecule has 10 nitrogen and oxygen atoms in total. The summed E-state index contributed by atoms with van der Waals surface area (Å²) in [5.74, 6) is 1.99. The van der Waals surface area contributed by atoms with E-state index in [0.29, 0.717) is 12.8 Å². The molecule has 3 aromatic carbocycles. The van der Waals surface area contributed by atoms with Gasteiger partial charge in [-0.15, -0.1) is 11.3 Å². The number of aromatic amines is 2. The Morgan fingerprint density at radius 1 is 0.745 bits per heavy atom. The molecule has 8 rings (SSSR count). The molecule has 2 saturated heterocycles. The Balaban J connectivity index is 0.917. The molecule has 0 unspecified atom stereocenters. The number of carbonyl (C=O) groups is 2. The molecule has 282 valence electrons. The zero-order valence-electron chi connectivity index (χ0n) is 31.5. The highest BCUT2D eigenvalue weighted by atomic mass is 32.1. The zero-order chi connectivity index (χ0) is 37.7. The summed E-state index contributed by atoms with van der Waals surface area (Å²) in [6, 6.07) is 26.8. The lowest BCUT2D eigenvalue weighted by molar-refractivity contribution is -0.138. The van der Waals surface area contributed by atoms with Gasteiger partial charge in [-0.3, -0.25) is 14.5 Å². The number of nitrogens with one attached hydrogen (secondary N) is 2. The molecule has 0 bridgehead atoms. The van der Waals surface area contributed by atoms with Gasteiger partial charge in [-0.25, -0.2) is 15.0 Å². The van der Waals surface area contributed by atoms with Crippen LogP contribution in [0.3, 0.4) is 0 Å². The van der Waals surface area contributed by atoms with Crippen molar-refractivity contribution in [1.82, 2.24) is 39.6 Å². The molecule has 2 aliphatic rings. The van der Waals surface area contributed by atoms with Gasteiger partial charge in [0.2, 0.25) is 11.8 Å². The Kier molecular flexibility index (Phi) is 11.0. The van der Waals surface area contributed by atoms with Crippen molar-refractivity contribution in [2.75, 3.05) is 26.2 Å². The highest BCUT2D eigenvalue weighted by Gasteiger charge is 2.38. The van der Waals surface area contributed by atoms with E-state index < -0.39 is 0 Å². The van der Waals surface area contributed by atoms with Crippen molar-refractivity contribution in [1.29, 1.82) is 0 Å². The van der Waals surface area contributed by atoms with Crippen LogP contribution in [0.25, 0.3) is 33.6 Å². The lowest BCUT2D eigenvalue weighted by Crippen LogP contribution is -2.43. The normalized spacial score (nSPS) is 17.7. The second-order valence-corrected chi connectivity index (χ2v) is 15.2. The summed E-state index contributed by atoms with van der Waals surface area (Å²) in [6.07, 6.45) is 8.64. The number of benzene rings is 3. The van der Waals surface area contributed by atoms with Gasteiger partial charge < -0.3 is 19.8 Å². The average molecular weight is 753 g/mol. The second kappa shape index (κ2) is 16.5. The summed E-state index contributed by atoms with van der Waals surface area (Å²) in [5, 5.41) is 2.01. The van der Waals surface area contributed by atoms with Crippen LogP contribution in [-0.4, -0.2) is 77.6 Å². The van der Waals surface area contributed by atoms with Crippen molar-refractivity contribution in [2.45, 2.75) is 70.5 Å². The maximum absolute atomic E-state index is 14.2. The monoisotopic (exact) mass is 752 g/mol. The molecule has 3 aromatic heterocycles. The van der Waals surface area contributed by atoms with E-state index in [0.717, 1.165) is 108 Å². The van der Waals surface area contributed by atoms with Crippen molar-refractivity contribution in [3.8, 4) is 33.6 Å². The van der Waals surface area contributed by atoms with Crippen LogP contribution in [0.1, 0.15) is 87.0 Å². The van der Waals surface area contributed by atoms with Gasteiger partial charge in [-0.05, 0) is 73.0 Å². The third kappa shape index (κ3) is 7.77. The van der Waals surface area contributed by atoms with Gasteiger partial charge in [0.05, 0.1) is 47.1 Å². The fourth-order valence-electron chi connectivity index (χ4n) is 8.28. The van der Waals surface area contributed by atoms with Crippen molar-refractivity contribution >= 4 is 23.2 Å². The van der Waals surface area contributed by atoms with Gasteiger partial charge in [0.25, 0.3) is 0 Å². The average Bonchev–Trinajstić information content (AvgIpc) is 4.09. The Bertz CT molecular complexity index is 2170. The van der Waals surface area contributed by atoms with Gasteiger partial charge in [0.1, 0.15) is 17.7 Å². The number of H-pyrrole nitrogens is 2. The molecule has 0 spiro atoms. The number of hydrogen-bond acceptors (Lipinski definition) is 7. The summed E-state index contributed by atoms with van der Waals surface area (Å²) in [6.45, 7) is 7.33. The van der Waals surface area contributed by atoms with Crippen molar-refractivity contribution in [3.05, 3.63) is 125 Å². The van der Waals surface area contributed by atoms with Gasteiger partial charge in [-0.1, -0.05) is 92.7 Å². The lowest BCUT2D eigenvalue weighted by Gasteiger charge is -2.34. The fourth-order valence-corrected chi connectivity index (χ4v) is 8.88. The minimum atomic E-state index is -0.310. The van der Waals surface area contributed by atoms with Crippen molar-refractivity contribution in [2.24, 2.45) is 0 Å². The first-order chi connectivity index (χ1) is 27.0. The van der Waals surface area contributed by atoms with Crippen LogP contribution in [0.5, 0.6) is 0 Å². The lowest BCUT2D eigenvalue weighted by atomic mass is 10.0. The summed E-state index contributed by atoms with van der Waals surface area (Å²) < 4.78 is 0. The van der Waals surface area contributed by atoms with Gasteiger partial charge in [0.15, 0.2) is 0 Å². The molecular weight excluding hydrogens is 705 g/mol. The first-order valence-electron chi connectivity index (χ1n) is 19.6. The number of likely N-dealkylation sites (N-methyl/N-ethyl adjacent to an activating group) is 1. The van der Waals surface area contributed by atoms with Crippen LogP contribution < -0.4 is 0 Å². The Morgan fingerprint density at radius 2 is 1.29 bits per heavy atom. The molecule has 11 heteroatoms. The highest BCUT2D eigenvalue weighted by Crippen LogP contribution is 2.36. The number of thiazole rings is 1. The molecule has 5 heterocycles. The maximum atomic E-state index is 14.2. The van der Waals surface area contributed by atoms with E-state index in [1.165, 1.54) is 0 Å². The fraction of sp³-hybridized carbons (Fsp3) is 0.341. The van der Waals surface area contributed by atoms with Crippen molar-refractivity contribution < 1.29 is 9.59 Å². The van der Waals surface area contributed by atoms with Crippen LogP contribution >= 0.6 is 11.3 Å². The molecule has 2 aliphatic heterocycles. The third-order valence-corrected chi connectivity index (χ3v) is 11.9. The minimum Gasteiger partial charge on any atom is -0.340 e. The SMILES string of the molecule is CCN(CC)[C@@H](C(=O)N1CCC[C@H]1c1ncc(-c2ccc(-c3ccc(-c4cnc([C@@H]5CCCN5C(=O)CCc5cscn5)[nH]4)cc3)cc2)[nH]1)c1ccccc1. The van der Waals surface area contributed by atoms with E-state index in [2.05, 4.69) is 94.4 Å². The minimum absolute atomic E-state index is 0.0236. The number of rotatable bonds is 13. The van der Waals surface area contributed by atoms with Gasteiger partial charge in [-0.2, -0.15) is 0 Å². The number of likely N-dealkylation sites (tertiary alicyclic amines) is 2. The van der Waals surface area contributed by atoms with Crippen LogP contribution in [0.2, 0.25) is 0 Å². The Labute approximate surface area is 326 Å². The largest absolute Gasteiger partial charge is 0.340 e. The molecule has 6 aromatic rings. The first-order valence-corrected chi connectivity index (χ1v) is 20.5. The molecule has 2 amide bonds. The first kappa shape index (κ1) is 36.6. The van der Waals surface area contributed by atoms with Crippen LogP contribution in [-0.2, 0) is 16.0 Å². The van der Waals surface area contributed by atoms with Crippen molar-refractivity contribution in [3.63, 3.8) is 0 Å². The van der Waals surface area contributed by atoms with Gasteiger partial charge >= 0.3 is 0 Å². The molecule has 0 aliphatic carbocycles. The van der Waals surface area contributed by atoms with E-state index in [9.17, 15) is 9.59 Å². The van der Waals surface area contributed by atoms with E-state index in [1.807, 2.05) is 51.3 Å². The van der Waals surface area contributed by atoms with E-state index in [4.69, 9.17) is 9.97 Å². The smallest absolute Gasteiger partial charge is 0.245 e. The second-order valence-electron chi connectivity index (χ2n) is 14.5. The van der Waals surface area contributed by atoms with E-state index in [-0.39, 0.29) is 29.9 Å². The number of carbonyl (C=O) groups excluding carboxylic acids is 2. The standard InChI is InChI=1S/C44H48N8O2S/c1-3-50(4-2)41(34-10-6-5-7-11-34)44(54)52-25-9-13-39(52)43-46-27-37(49-43)33-20-16-31(17-21-33)30-14-18-32(19-15-30)36-26-45-42(48-36)38-12-8-24-51(38)40(53)23-22-35-28-55-29-47-35/h5-7,10-11,14-21,26-29,38-39,41H,3-4,8-9,12-13,22-25H2,1-2H3,(H,45,48)(H,46,49)/t38-,39-,41+/m0/s1. The number of aromatic nitrogens is 5. The number of aryl methyl sites for hydroxylation is 1. The molecule has 55 heavy (non-hydrogen) atoms. The Morgan fingerprint density at radius 3 is 1.84 bits per heavy atom. The highest BCUT2D eigenvalue weighted by molar-refractivity contribution is 7.07. The van der Waals surface area contributed by atoms with Crippen LogP contribution in [0.4, 0.5) is 0 Å².